The molecular formula is C28H35N9O4. The molecule has 3 aromatic rings. The molecule has 1 aromatic carbocycles. The van der Waals surface area contributed by atoms with Gasteiger partial charge in [0.1, 0.15) is 5.60 Å². The van der Waals surface area contributed by atoms with Crippen molar-refractivity contribution in [2.24, 2.45) is 5.92 Å². The van der Waals surface area contributed by atoms with Crippen molar-refractivity contribution in [3.63, 3.8) is 0 Å². The van der Waals surface area contributed by atoms with E-state index in [-0.39, 0.29) is 18.0 Å². The van der Waals surface area contributed by atoms with Crippen molar-refractivity contribution in [2.75, 3.05) is 66.8 Å². The maximum Gasteiger partial charge on any atom is 0.410 e. The largest absolute Gasteiger partial charge is 0.444 e. The number of carbonyl (C=O) groups is 2. The van der Waals surface area contributed by atoms with Crippen molar-refractivity contribution in [3.05, 3.63) is 48.8 Å². The monoisotopic (exact) mass is 561 g/mol. The van der Waals surface area contributed by atoms with Gasteiger partial charge in [-0.2, -0.15) is 15.0 Å². The lowest BCUT2D eigenvalue weighted by Crippen LogP contribution is -2.53. The smallest absolute Gasteiger partial charge is 0.410 e. The van der Waals surface area contributed by atoms with Gasteiger partial charge in [0.05, 0.1) is 13.2 Å². The van der Waals surface area contributed by atoms with Gasteiger partial charge in [0, 0.05) is 68.0 Å². The van der Waals surface area contributed by atoms with Gasteiger partial charge in [-0.05, 0) is 57.2 Å². The molecule has 0 radical (unpaired) electrons. The highest BCUT2D eigenvalue weighted by Crippen LogP contribution is 2.24. The van der Waals surface area contributed by atoms with E-state index in [0.29, 0.717) is 75.0 Å². The van der Waals surface area contributed by atoms with Crippen molar-refractivity contribution in [3.8, 4) is 11.4 Å². The Morgan fingerprint density at radius 1 is 0.951 bits per heavy atom. The molecule has 0 atom stereocenters. The molecule has 2 saturated heterocycles. The third-order valence-electron chi connectivity index (χ3n) is 6.41. The lowest BCUT2D eigenvalue weighted by atomic mass is 10.0. The first-order valence-corrected chi connectivity index (χ1v) is 13.6. The summed E-state index contributed by atoms with van der Waals surface area (Å²) in [7, 11) is 0. The van der Waals surface area contributed by atoms with E-state index in [1.54, 1.807) is 41.6 Å². The van der Waals surface area contributed by atoms with E-state index in [2.05, 4.69) is 35.8 Å². The Morgan fingerprint density at radius 2 is 1.61 bits per heavy atom. The van der Waals surface area contributed by atoms with Crippen LogP contribution in [0.4, 0.5) is 32.9 Å². The predicted octanol–water partition coefficient (Wildman–Crippen LogP) is 3.69. The summed E-state index contributed by atoms with van der Waals surface area (Å²) in [6.45, 7) is 10.00. The molecule has 2 aromatic heterocycles. The van der Waals surface area contributed by atoms with Gasteiger partial charge in [-0.3, -0.25) is 4.98 Å². The standard InChI is InChI=1S/C28H35N9O4/c1-28(2,3)41-27(39)37-17-19(18-37)16-30-24-33-23(34-25(35-24)36-12-14-40-15-13-36)20-4-6-21(7-5-20)31-26(38)32-22-8-10-29-11-9-22/h4-11,19H,12-18H2,1-3H3,(H2,29,31,32,38)(H,30,33,34,35). The number of aromatic nitrogens is 4. The summed E-state index contributed by atoms with van der Waals surface area (Å²) >= 11 is 0. The van der Waals surface area contributed by atoms with Crippen LogP contribution in [0.1, 0.15) is 20.8 Å². The van der Waals surface area contributed by atoms with Crippen molar-refractivity contribution < 1.29 is 19.1 Å². The SMILES string of the molecule is CC(C)(C)OC(=O)N1CC(CNc2nc(-c3ccc(NC(=O)Nc4ccncc4)cc3)nc(N3CCOCC3)n2)C1. The molecule has 0 bridgehead atoms. The molecule has 5 rings (SSSR count). The minimum absolute atomic E-state index is 0.262. The molecule has 41 heavy (non-hydrogen) atoms. The highest BCUT2D eigenvalue weighted by molar-refractivity contribution is 5.99. The molecule has 2 aliphatic rings. The second-order valence-corrected chi connectivity index (χ2v) is 10.9. The number of pyridine rings is 1. The molecule has 3 amide bonds. The molecule has 13 nitrogen and oxygen atoms in total. The number of likely N-dealkylation sites (tertiary alicyclic amines) is 1. The number of urea groups is 1. The van der Waals surface area contributed by atoms with Gasteiger partial charge in [-0.15, -0.1) is 0 Å². The third kappa shape index (κ3) is 7.78. The molecule has 2 aliphatic heterocycles. The maximum atomic E-state index is 12.3. The van der Waals surface area contributed by atoms with Crippen LogP contribution in [0.5, 0.6) is 0 Å². The summed E-state index contributed by atoms with van der Waals surface area (Å²) in [5, 5.41) is 8.92. The molecule has 0 saturated carbocycles. The fourth-order valence-corrected chi connectivity index (χ4v) is 4.32. The van der Waals surface area contributed by atoms with Crippen LogP contribution in [-0.4, -0.2) is 88.5 Å². The highest BCUT2D eigenvalue weighted by Gasteiger charge is 2.33. The lowest BCUT2D eigenvalue weighted by molar-refractivity contribution is 0.000827. The van der Waals surface area contributed by atoms with E-state index in [0.717, 1.165) is 5.56 Å². The average Bonchev–Trinajstić information content (AvgIpc) is 2.92. The van der Waals surface area contributed by atoms with Crippen molar-refractivity contribution in [1.82, 2.24) is 24.8 Å². The minimum Gasteiger partial charge on any atom is -0.444 e. The Hall–Kier alpha value is -4.52. The van der Waals surface area contributed by atoms with E-state index >= 15 is 0 Å². The number of benzene rings is 1. The quantitative estimate of drug-likeness (QED) is 0.390. The zero-order chi connectivity index (χ0) is 28.8. The number of nitrogens with zero attached hydrogens (tertiary/aromatic N) is 6. The second kappa shape index (κ2) is 12.3. The van der Waals surface area contributed by atoms with Crippen LogP contribution in [-0.2, 0) is 9.47 Å². The Morgan fingerprint density at radius 3 is 2.27 bits per heavy atom. The first kappa shape index (κ1) is 28.0. The molecule has 0 unspecified atom stereocenters. The molecule has 13 heteroatoms. The zero-order valence-corrected chi connectivity index (χ0v) is 23.5. The molecule has 216 valence electrons. The summed E-state index contributed by atoms with van der Waals surface area (Å²) in [6.07, 6.45) is 2.93. The second-order valence-electron chi connectivity index (χ2n) is 10.9. The topological polar surface area (TPSA) is 147 Å². The number of anilines is 4. The Kier molecular flexibility index (Phi) is 8.43. The van der Waals surface area contributed by atoms with Crippen molar-refractivity contribution >= 4 is 35.4 Å². The number of morpholine rings is 1. The fourth-order valence-electron chi connectivity index (χ4n) is 4.32. The Labute approximate surface area is 238 Å². The normalized spacial score (nSPS) is 15.6. The summed E-state index contributed by atoms with van der Waals surface area (Å²) < 4.78 is 10.9. The summed E-state index contributed by atoms with van der Waals surface area (Å²) in [5.41, 5.74) is 1.54. The van der Waals surface area contributed by atoms with Gasteiger partial charge < -0.3 is 35.2 Å². The maximum absolute atomic E-state index is 12.3. The van der Waals surface area contributed by atoms with Crippen LogP contribution >= 0.6 is 0 Å². The van der Waals surface area contributed by atoms with Crippen LogP contribution in [0.3, 0.4) is 0 Å². The van der Waals surface area contributed by atoms with Crippen LogP contribution in [0.25, 0.3) is 11.4 Å². The Bertz CT molecular complexity index is 1340. The van der Waals surface area contributed by atoms with E-state index in [1.807, 2.05) is 32.9 Å². The van der Waals surface area contributed by atoms with Crippen molar-refractivity contribution in [2.45, 2.75) is 26.4 Å². The van der Waals surface area contributed by atoms with E-state index in [1.165, 1.54) is 0 Å². The number of hydrogen-bond donors (Lipinski definition) is 3. The minimum atomic E-state index is -0.516. The van der Waals surface area contributed by atoms with Crippen LogP contribution in [0.15, 0.2) is 48.8 Å². The van der Waals surface area contributed by atoms with Gasteiger partial charge >= 0.3 is 12.1 Å². The molecule has 0 spiro atoms. The number of rotatable bonds is 7. The third-order valence-corrected chi connectivity index (χ3v) is 6.41. The van der Waals surface area contributed by atoms with Crippen LogP contribution in [0.2, 0.25) is 0 Å². The fraction of sp³-hybridized carbons (Fsp3) is 0.429. The van der Waals surface area contributed by atoms with Gasteiger partial charge in [-0.25, -0.2) is 9.59 Å². The van der Waals surface area contributed by atoms with Gasteiger partial charge in [0.2, 0.25) is 11.9 Å². The van der Waals surface area contributed by atoms with Gasteiger partial charge in [0.25, 0.3) is 0 Å². The summed E-state index contributed by atoms with van der Waals surface area (Å²) in [5.74, 6) is 1.81. The number of carbonyl (C=O) groups excluding carboxylic acids is 2. The van der Waals surface area contributed by atoms with Gasteiger partial charge in [-0.1, -0.05) is 0 Å². The molecule has 0 aliphatic carbocycles. The number of hydrogen-bond acceptors (Lipinski definition) is 10. The van der Waals surface area contributed by atoms with Crippen LogP contribution in [0, 0.1) is 5.92 Å². The highest BCUT2D eigenvalue weighted by atomic mass is 16.6. The predicted molar refractivity (Wildman–Crippen MR) is 155 cm³/mol. The molecule has 2 fully saturated rings. The summed E-state index contributed by atoms with van der Waals surface area (Å²) in [6, 6.07) is 10.4. The van der Waals surface area contributed by atoms with E-state index < -0.39 is 5.60 Å². The van der Waals surface area contributed by atoms with E-state index in [4.69, 9.17) is 14.5 Å². The van der Waals surface area contributed by atoms with Crippen LogP contribution < -0.4 is 20.9 Å². The zero-order valence-electron chi connectivity index (χ0n) is 23.5. The first-order chi connectivity index (χ1) is 19.7. The lowest BCUT2D eigenvalue weighted by Gasteiger charge is -2.39. The Balaban J connectivity index is 1.24. The molecule has 4 heterocycles. The molecule has 3 N–H and O–H groups in total. The number of amides is 3. The number of nitrogens with one attached hydrogen (secondary N) is 3. The van der Waals surface area contributed by atoms with Gasteiger partial charge in [0.15, 0.2) is 5.82 Å². The van der Waals surface area contributed by atoms with E-state index in [9.17, 15) is 9.59 Å². The average molecular weight is 562 g/mol. The summed E-state index contributed by atoms with van der Waals surface area (Å²) in [4.78, 5) is 46.4. The van der Waals surface area contributed by atoms with Crippen molar-refractivity contribution in [1.29, 1.82) is 0 Å². The number of ether oxygens (including phenoxy) is 2. The molecular weight excluding hydrogens is 526 g/mol. The first-order valence-electron chi connectivity index (χ1n) is 13.6.